The van der Waals surface area contributed by atoms with E-state index in [2.05, 4.69) is 15.3 Å². The van der Waals surface area contributed by atoms with Gasteiger partial charge in [-0.25, -0.2) is 13.4 Å². The third-order valence-electron chi connectivity index (χ3n) is 7.15. The van der Waals surface area contributed by atoms with Crippen molar-refractivity contribution in [2.75, 3.05) is 25.4 Å². The Kier molecular flexibility index (Phi) is 8.72. The molecule has 0 spiro atoms. The van der Waals surface area contributed by atoms with Gasteiger partial charge in [-0.3, -0.25) is 0 Å². The Morgan fingerprint density at radius 3 is 2.62 bits per heavy atom. The quantitative estimate of drug-likeness (QED) is 0.321. The number of hydrogen-bond donors (Lipinski definition) is 3. The first kappa shape index (κ1) is 27.4. The number of hydrogen-bond acceptors (Lipinski definition) is 6. The molecule has 8 heteroatoms. The van der Waals surface area contributed by atoms with Gasteiger partial charge in [0, 0.05) is 36.2 Å². The molecule has 0 radical (unpaired) electrons. The van der Waals surface area contributed by atoms with E-state index in [-0.39, 0.29) is 5.75 Å². The van der Waals surface area contributed by atoms with Crippen LogP contribution in [0.4, 0.5) is 0 Å². The van der Waals surface area contributed by atoms with Crippen molar-refractivity contribution in [3.05, 3.63) is 77.4 Å². The maximum Gasteiger partial charge on any atom is 0.179 e. The molecule has 2 atom stereocenters. The van der Waals surface area contributed by atoms with Crippen molar-refractivity contribution in [2.45, 2.75) is 63.4 Å². The first-order chi connectivity index (χ1) is 17.7. The number of imidazole rings is 1. The molecule has 1 aliphatic rings. The highest BCUT2D eigenvalue weighted by atomic mass is 32.2. The van der Waals surface area contributed by atoms with Gasteiger partial charge in [0.2, 0.25) is 0 Å². The van der Waals surface area contributed by atoms with E-state index < -0.39 is 27.3 Å². The summed E-state index contributed by atoms with van der Waals surface area (Å²) in [4.78, 5) is 7.45. The zero-order chi connectivity index (χ0) is 26.5. The summed E-state index contributed by atoms with van der Waals surface area (Å²) in [5, 5.41) is 14.8. The van der Waals surface area contributed by atoms with Crippen LogP contribution >= 0.6 is 0 Å². The largest absolute Gasteiger partial charge is 0.494 e. The van der Waals surface area contributed by atoms with Gasteiger partial charge in [0.1, 0.15) is 5.75 Å². The minimum Gasteiger partial charge on any atom is -0.494 e. The van der Waals surface area contributed by atoms with Crippen LogP contribution in [0, 0.1) is 12.3 Å². The predicted molar refractivity (Wildman–Crippen MR) is 146 cm³/mol. The Morgan fingerprint density at radius 1 is 1.11 bits per heavy atom. The first-order valence-corrected chi connectivity index (χ1v) is 14.7. The van der Waals surface area contributed by atoms with Crippen LogP contribution in [0.25, 0.3) is 0 Å². The summed E-state index contributed by atoms with van der Waals surface area (Å²) in [5.41, 5.74) is 2.88. The number of fused-ring (bicyclic) bond motifs is 1. The summed E-state index contributed by atoms with van der Waals surface area (Å²) in [6, 6.07) is 13.2. The topological polar surface area (TPSA) is 104 Å². The molecule has 4 rings (SSSR count). The summed E-state index contributed by atoms with van der Waals surface area (Å²) in [7, 11) is -3.51. The standard InChI is InChI=1S/C29H39N3O4S/c1-21-7-12-26-25(17-21)27(28(33)29(2,3)19-37(26,34)35)22-8-10-24(11-9-22)36-16-6-4-5-14-30-15-13-23-18-31-20-32-23/h7-12,17-18,20,27-28,30,33H,4-6,13-16,19H2,1-3H3,(H,31,32)/t27-,28-/m1/s1. The van der Waals surface area contributed by atoms with E-state index in [0.717, 1.165) is 61.3 Å². The number of benzene rings is 2. The molecule has 0 bridgehead atoms. The number of unbranched alkanes of at least 4 members (excludes halogenated alkanes) is 2. The van der Waals surface area contributed by atoms with Gasteiger partial charge in [0.05, 0.1) is 29.7 Å². The van der Waals surface area contributed by atoms with Crippen molar-refractivity contribution in [3.63, 3.8) is 0 Å². The third kappa shape index (κ3) is 6.80. The molecule has 2 aromatic carbocycles. The molecule has 1 aromatic heterocycles. The van der Waals surface area contributed by atoms with Gasteiger partial charge in [-0.1, -0.05) is 43.7 Å². The fraction of sp³-hybridized carbons (Fsp3) is 0.483. The van der Waals surface area contributed by atoms with Crippen LogP contribution in [0.3, 0.4) is 0 Å². The molecule has 3 N–H and O–H groups in total. The molecular formula is C29H39N3O4S. The molecule has 37 heavy (non-hydrogen) atoms. The summed E-state index contributed by atoms with van der Waals surface area (Å²) < 4.78 is 32.3. The Hall–Kier alpha value is -2.68. The number of sulfone groups is 1. The van der Waals surface area contributed by atoms with Crippen molar-refractivity contribution in [3.8, 4) is 5.75 Å². The van der Waals surface area contributed by atoms with Crippen molar-refractivity contribution in [1.29, 1.82) is 0 Å². The van der Waals surface area contributed by atoms with Crippen molar-refractivity contribution >= 4 is 9.84 Å². The van der Waals surface area contributed by atoms with Gasteiger partial charge >= 0.3 is 0 Å². The SMILES string of the molecule is Cc1ccc2c(c1)[C@@H](c1ccc(OCCCCCNCCc3cnc[nH]3)cc1)[C@@H](O)C(C)(C)CS2(=O)=O. The molecule has 200 valence electrons. The number of aliphatic hydroxyl groups excluding tert-OH is 1. The summed E-state index contributed by atoms with van der Waals surface area (Å²) in [6.45, 7) is 8.17. The monoisotopic (exact) mass is 525 g/mol. The lowest BCUT2D eigenvalue weighted by Crippen LogP contribution is -2.38. The molecule has 3 aromatic rings. The highest BCUT2D eigenvalue weighted by Crippen LogP contribution is 2.44. The lowest BCUT2D eigenvalue weighted by molar-refractivity contribution is 0.0521. The highest BCUT2D eigenvalue weighted by molar-refractivity contribution is 7.91. The number of aromatic nitrogens is 2. The van der Waals surface area contributed by atoms with Gasteiger partial charge in [-0.15, -0.1) is 0 Å². The average Bonchev–Trinajstić information content (AvgIpc) is 3.35. The molecule has 0 fully saturated rings. The number of nitrogens with one attached hydrogen (secondary N) is 2. The van der Waals surface area contributed by atoms with Crippen LogP contribution < -0.4 is 10.1 Å². The van der Waals surface area contributed by atoms with E-state index in [1.807, 2.05) is 63.4 Å². The van der Waals surface area contributed by atoms with E-state index in [0.29, 0.717) is 17.1 Å². The second kappa shape index (κ2) is 11.8. The summed E-state index contributed by atoms with van der Waals surface area (Å²) in [6.07, 6.45) is 6.84. The van der Waals surface area contributed by atoms with E-state index in [4.69, 9.17) is 4.74 Å². The Bertz CT molecular complexity index is 1250. The third-order valence-corrected chi connectivity index (χ3v) is 9.31. The maximum atomic E-state index is 13.2. The Balaban J connectivity index is 1.32. The van der Waals surface area contributed by atoms with Crippen LogP contribution in [0.1, 0.15) is 61.4 Å². The van der Waals surface area contributed by atoms with Crippen LogP contribution in [-0.2, 0) is 16.3 Å². The van der Waals surface area contributed by atoms with Gasteiger partial charge in [0.15, 0.2) is 9.84 Å². The summed E-state index contributed by atoms with van der Waals surface area (Å²) >= 11 is 0. The van der Waals surface area contributed by atoms with Gasteiger partial charge in [0.25, 0.3) is 0 Å². The average molecular weight is 526 g/mol. The number of nitrogens with zero attached hydrogens (tertiary/aromatic N) is 1. The molecule has 2 heterocycles. The second-order valence-corrected chi connectivity index (χ2v) is 12.7. The van der Waals surface area contributed by atoms with Crippen molar-refractivity contribution < 1.29 is 18.3 Å². The lowest BCUT2D eigenvalue weighted by atomic mass is 9.75. The highest BCUT2D eigenvalue weighted by Gasteiger charge is 2.44. The number of H-pyrrole nitrogens is 1. The lowest BCUT2D eigenvalue weighted by Gasteiger charge is -2.33. The second-order valence-electron chi connectivity index (χ2n) is 10.8. The molecule has 0 amide bonds. The Morgan fingerprint density at radius 2 is 1.89 bits per heavy atom. The molecule has 7 nitrogen and oxygen atoms in total. The van der Waals surface area contributed by atoms with Crippen LogP contribution in [0.2, 0.25) is 0 Å². The molecule has 0 aliphatic carbocycles. The molecule has 1 aliphatic heterocycles. The number of rotatable bonds is 11. The van der Waals surface area contributed by atoms with E-state index in [9.17, 15) is 13.5 Å². The fourth-order valence-corrected chi connectivity index (χ4v) is 7.22. The number of aromatic amines is 1. The van der Waals surface area contributed by atoms with E-state index in [1.165, 1.54) is 0 Å². The fourth-order valence-electron chi connectivity index (χ4n) is 5.09. The zero-order valence-electron chi connectivity index (χ0n) is 22.0. The van der Waals surface area contributed by atoms with Gasteiger partial charge in [-0.05, 0) is 62.1 Å². The van der Waals surface area contributed by atoms with Crippen LogP contribution in [0.15, 0.2) is 59.9 Å². The van der Waals surface area contributed by atoms with Gasteiger partial charge < -0.3 is 20.1 Å². The summed E-state index contributed by atoms with van der Waals surface area (Å²) in [5.74, 6) is 0.257. The van der Waals surface area contributed by atoms with Gasteiger partial charge in [-0.2, -0.15) is 0 Å². The molecular weight excluding hydrogens is 486 g/mol. The molecule has 0 saturated heterocycles. The van der Waals surface area contributed by atoms with Crippen molar-refractivity contribution in [2.24, 2.45) is 5.41 Å². The Labute approximate surface area is 220 Å². The normalized spacial score (nSPS) is 20.2. The van der Waals surface area contributed by atoms with E-state index >= 15 is 0 Å². The minimum atomic E-state index is -3.51. The minimum absolute atomic E-state index is 0.0886. The van der Waals surface area contributed by atoms with Crippen LogP contribution in [-0.4, -0.2) is 55.0 Å². The molecule has 0 saturated carbocycles. The molecule has 0 unspecified atom stereocenters. The maximum absolute atomic E-state index is 13.2. The zero-order valence-corrected chi connectivity index (χ0v) is 22.9. The predicted octanol–water partition coefficient (Wildman–Crippen LogP) is 4.41. The number of aryl methyl sites for hydroxylation is 1. The smallest absolute Gasteiger partial charge is 0.179 e. The van der Waals surface area contributed by atoms with Crippen molar-refractivity contribution in [1.82, 2.24) is 15.3 Å². The van der Waals surface area contributed by atoms with Crippen LogP contribution in [0.5, 0.6) is 5.75 Å². The number of aliphatic hydroxyl groups is 1. The van der Waals surface area contributed by atoms with E-state index in [1.54, 1.807) is 12.4 Å². The number of ether oxygens (including phenoxy) is 1. The first-order valence-electron chi connectivity index (χ1n) is 13.1.